The van der Waals surface area contributed by atoms with Crippen molar-refractivity contribution >= 4 is 33.1 Å². The number of nitrogens with zero attached hydrogens (tertiary/aromatic N) is 1. The topological polar surface area (TPSA) is 67.0 Å². The quantitative estimate of drug-likeness (QED) is 0.799. The summed E-state index contributed by atoms with van der Waals surface area (Å²) in [6.07, 6.45) is 3.48. The van der Waals surface area contributed by atoms with Crippen LogP contribution in [-0.4, -0.2) is 21.7 Å². The van der Waals surface area contributed by atoms with Crippen LogP contribution in [0.4, 0.5) is 4.79 Å². The number of rotatable bonds is 2. The van der Waals surface area contributed by atoms with Gasteiger partial charge in [-0.3, -0.25) is 0 Å². The molecule has 0 radical (unpaired) electrons. The second-order valence-electron chi connectivity index (χ2n) is 7.16. The molecule has 1 aliphatic rings. The number of carbonyl (C=O) groups excluding carboxylic acids is 1. The normalized spacial score (nSPS) is 17.4. The highest BCUT2D eigenvalue weighted by molar-refractivity contribution is 9.10. The largest absolute Gasteiger partial charge is 0.444 e. The minimum absolute atomic E-state index is 0.388. The Bertz CT molecular complexity index is 727. The summed E-state index contributed by atoms with van der Waals surface area (Å²) in [4.78, 5) is 20.4. The standard InChI is InChI=1S/C17H22BrN3O2/c1-16(2,3)23-15(22)21-17(8-4-5-9-17)14-19-12-7-6-11(18)10-13(12)20-14/h6-7,10H,4-5,8-9H2,1-3H3,(H,19,20)(H,21,22). The molecule has 0 spiro atoms. The number of fused-ring (bicyclic) bond motifs is 1. The van der Waals surface area contributed by atoms with Crippen molar-refractivity contribution in [3.8, 4) is 0 Å². The lowest BCUT2D eigenvalue weighted by molar-refractivity contribution is 0.0448. The van der Waals surface area contributed by atoms with Crippen molar-refractivity contribution in [3.05, 3.63) is 28.5 Å². The van der Waals surface area contributed by atoms with Crippen LogP contribution in [0.25, 0.3) is 11.0 Å². The highest BCUT2D eigenvalue weighted by Crippen LogP contribution is 2.38. The lowest BCUT2D eigenvalue weighted by Gasteiger charge is -2.30. The van der Waals surface area contributed by atoms with E-state index in [1.165, 1.54) is 0 Å². The zero-order chi connectivity index (χ0) is 16.7. The summed E-state index contributed by atoms with van der Waals surface area (Å²) < 4.78 is 6.44. The van der Waals surface area contributed by atoms with Gasteiger partial charge in [0.15, 0.2) is 0 Å². The molecule has 5 nitrogen and oxygen atoms in total. The number of alkyl carbamates (subject to hydrolysis) is 1. The average molecular weight is 380 g/mol. The Balaban J connectivity index is 1.91. The van der Waals surface area contributed by atoms with Crippen LogP contribution in [-0.2, 0) is 10.3 Å². The maximum absolute atomic E-state index is 12.3. The Morgan fingerprint density at radius 3 is 2.70 bits per heavy atom. The number of imidazole rings is 1. The van der Waals surface area contributed by atoms with Gasteiger partial charge in [0.05, 0.1) is 11.0 Å². The number of H-pyrrole nitrogens is 1. The molecule has 2 aromatic rings. The van der Waals surface area contributed by atoms with Crippen LogP contribution in [0.5, 0.6) is 0 Å². The molecule has 0 aliphatic heterocycles. The molecule has 6 heteroatoms. The minimum atomic E-state index is -0.511. The van der Waals surface area contributed by atoms with Crippen molar-refractivity contribution in [3.63, 3.8) is 0 Å². The number of nitrogens with one attached hydrogen (secondary N) is 2. The van der Waals surface area contributed by atoms with Gasteiger partial charge in [0.25, 0.3) is 0 Å². The predicted molar refractivity (Wildman–Crippen MR) is 93.3 cm³/mol. The van der Waals surface area contributed by atoms with Gasteiger partial charge in [-0.15, -0.1) is 0 Å². The number of aromatic amines is 1. The molecule has 1 aromatic heterocycles. The summed E-state index contributed by atoms with van der Waals surface area (Å²) in [6, 6.07) is 5.94. The fourth-order valence-electron chi connectivity index (χ4n) is 3.11. The minimum Gasteiger partial charge on any atom is -0.444 e. The molecule has 1 aliphatic carbocycles. The van der Waals surface area contributed by atoms with E-state index >= 15 is 0 Å². The number of aromatic nitrogens is 2. The van der Waals surface area contributed by atoms with E-state index in [2.05, 4.69) is 26.2 Å². The van der Waals surface area contributed by atoms with Gasteiger partial charge in [-0.1, -0.05) is 28.8 Å². The molecular formula is C17H22BrN3O2. The SMILES string of the molecule is CC(C)(C)OC(=O)NC1(c2nc3ccc(Br)cc3[nH]2)CCCC1. The molecule has 1 heterocycles. The molecule has 124 valence electrons. The number of benzene rings is 1. The molecule has 2 N–H and O–H groups in total. The summed E-state index contributed by atoms with van der Waals surface area (Å²) in [5.74, 6) is 0.814. The number of hydrogen-bond acceptors (Lipinski definition) is 3. The van der Waals surface area contributed by atoms with E-state index in [1.54, 1.807) is 0 Å². The lowest BCUT2D eigenvalue weighted by Crippen LogP contribution is -2.46. The Labute approximate surface area is 144 Å². The molecular weight excluding hydrogens is 358 g/mol. The lowest BCUT2D eigenvalue weighted by atomic mass is 9.97. The first-order chi connectivity index (χ1) is 10.8. The summed E-state index contributed by atoms with van der Waals surface area (Å²) in [5.41, 5.74) is 0.892. The smallest absolute Gasteiger partial charge is 0.408 e. The van der Waals surface area contributed by atoms with Crippen molar-refractivity contribution in [2.45, 2.75) is 57.6 Å². The number of ether oxygens (including phenoxy) is 1. The number of hydrogen-bond donors (Lipinski definition) is 2. The van der Waals surface area contributed by atoms with Crippen LogP contribution >= 0.6 is 15.9 Å². The first-order valence-corrected chi connectivity index (χ1v) is 8.74. The van der Waals surface area contributed by atoms with Gasteiger partial charge in [-0.2, -0.15) is 0 Å². The summed E-state index contributed by atoms with van der Waals surface area (Å²) in [7, 11) is 0. The molecule has 0 unspecified atom stereocenters. The Kier molecular flexibility index (Phi) is 4.12. The molecule has 0 atom stereocenters. The van der Waals surface area contributed by atoms with Crippen LogP contribution in [0.15, 0.2) is 22.7 Å². The Morgan fingerprint density at radius 1 is 1.35 bits per heavy atom. The van der Waals surface area contributed by atoms with E-state index in [4.69, 9.17) is 9.72 Å². The molecule has 3 rings (SSSR count). The number of carbonyl (C=O) groups is 1. The van der Waals surface area contributed by atoms with E-state index in [-0.39, 0.29) is 6.09 Å². The summed E-state index contributed by atoms with van der Waals surface area (Å²) in [6.45, 7) is 5.60. The zero-order valence-electron chi connectivity index (χ0n) is 13.7. The predicted octanol–water partition coefficient (Wildman–Crippen LogP) is 4.62. The van der Waals surface area contributed by atoms with Gasteiger partial charge in [0.2, 0.25) is 0 Å². The second-order valence-corrected chi connectivity index (χ2v) is 8.08. The van der Waals surface area contributed by atoms with Gasteiger partial charge in [-0.05, 0) is 51.8 Å². The monoisotopic (exact) mass is 379 g/mol. The molecule has 1 fully saturated rings. The second kappa shape index (κ2) is 5.82. The van der Waals surface area contributed by atoms with Crippen LogP contribution < -0.4 is 5.32 Å². The molecule has 1 amide bonds. The average Bonchev–Trinajstić information content (AvgIpc) is 3.03. The van der Waals surface area contributed by atoms with Gasteiger partial charge in [0.1, 0.15) is 17.0 Å². The van der Waals surface area contributed by atoms with Crippen LogP contribution in [0, 0.1) is 0 Å². The van der Waals surface area contributed by atoms with Crippen LogP contribution in [0.3, 0.4) is 0 Å². The molecule has 1 saturated carbocycles. The van der Waals surface area contributed by atoms with Crippen molar-refractivity contribution in [2.75, 3.05) is 0 Å². The van der Waals surface area contributed by atoms with Gasteiger partial charge < -0.3 is 15.0 Å². The molecule has 0 bridgehead atoms. The zero-order valence-corrected chi connectivity index (χ0v) is 15.3. The van der Waals surface area contributed by atoms with Crippen LogP contribution in [0.2, 0.25) is 0 Å². The summed E-state index contributed by atoms with van der Waals surface area (Å²) in [5, 5.41) is 3.07. The van der Waals surface area contributed by atoms with Crippen molar-refractivity contribution < 1.29 is 9.53 Å². The third-order valence-corrected chi connectivity index (χ3v) is 4.59. The first kappa shape index (κ1) is 16.3. The van der Waals surface area contributed by atoms with Gasteiger partial charge >= 0.3 is 6.09 Å². The van der Waals surface area contributed by atoms with E-state index in [0.717, 1.165) is 47.0 Å². The maximum Gasteiger partial charge on any atom is 0.408 e. The van der Waals surface area contributed by atoms with Gasteiger partial charge in [-0.25, -0.2) is 9.78 Å². The summed E-state index contributed by atoms with van der Waals surface area (Å²) >= 11 is 3.47. The van der Waals surface area contributed by atoms with Crippen molar-refractivity contribution in [2.24, 2.45) is 0 Å². The molecule has 0 saturated heterocycles. The Morgan fingerprint density at radius 2 is 2.04 bits per heavy atom. The first-order valence-electron chi connectivity index (χ1n) is 7.94. The van der Waals surface area contributed by atoms with Crippen LogP contribution in [0.1, 0.15) is 52.3 Å². The van der Waals surface area contributed by atoms with Crippen molar-refractivity contribution in [1.82, 2.24) is 15.3 Å². The van der Waals surface area contributed by atoms with Crippen molar-refractivity contribution in [1.29, 1.82) is 0 Å². The third kappa shape index (κ3) is 3.52. The van der Waals surface area contributed by atoms with E-state index in [0.29, 0.717) is 0 Å². The van der Waals surface area contributed by atoms with Gasteiger partial charge in [0, 0.05) is 4.47 Å². The fraction of sp³-hybridized carbons (Fsp3) is 0.529. The van der Waals surface area contributed by atoms with E-state index in [9.17, 15) is 4.79 Å². The Hall–Kier alpha value is -1.56. The number of halogens is 1. The maximum atomic E-state index is 12.3. The van der Waals surface area contributed by atoms with E-state index in [1.807, 2.05) is 39.0 Å². The molecule has 23 heavy (non-hydrogen) atoms. The highest BCUT2D eigenvalue weighted by Gasteiger charge is 2.41. The molecule has 1 aromatic carbocycles. The highest BCUT2D eigenvalue weighted by atomic mass is 79.9. The fourth-order valence-corrected chi connectivity index (χ4v) is 3.47. The van der Waals surface area contributed by atoms with E-state index < -0.39 is 11.1 Å². The number of amides is 1. The third-order valence-electron chi connectivity index (χ3n) is 4.09.